The third-order valence-electron chi connectivity index (χ3n) is 8.35. The van der Waals surface area contributed by atoms with Crippen molar-refractivity contribution in [2.75, 3.05) is 0 Å². The molecule has 3 aliphatic rings. The van der Waals surface area contributed by atoms with Gasteiger partial charge >= 0.3 is 0 Å². The predicted molar refractivity (Wildman–Crippen MR) is 143 cm³/mol. The third kappa shape index (κ3) is 5.83. The highest BCUT2D eigenvalue weighted by Crippen LogP contribution is 2.40. The van der Waals surface area contributed by atoms with E-state index in [1.165, 1.54) is 85.7 Å². The molecule has 2 saturated carbocycles. The predicted octanol–water partition coefficient (Wildman–Crippen LogP) is 8.38. The Morgan fingerprint density at radius 3 is 2.73 bits per heavy atom. The van der Waals surface area contributed by atoms with Crippen molar-refractivity contribution < 1.29 is 9.07 Å². The molecule has 2 atom stereocenters. The van der Waals surface area contributed by atoms with Crippen LogP contribution in [0.1, 0.15) is 109 Å². The zero-order valence-corrected chi connectivity index (χ0v) is 20.1. The molecule has 1 aromatic heterocycles. The first-order valence-corrected chi connectivity index (χ1v) is 13.5. The van der Waals surface area contributed by atoms with Gasteiger partial charge in [0.25, 0.3) is 0 Å². The van der Waals surface area contributed by atoms with Gasteiger partial charge in [0.1, 0.15) is 5.78 Å². The van der Waals surface area contributed by atoms with Gasteiger partial charge < -0.3 is 0 Å². The number of aryl methyl sites for hydroxylation is 1. The fourth-order valence-electron chi connectivity index (χ4n) is 6.60. The number of benzene rings is 1. The summed E-state index contributed by atoms with van der Waals surface area (Å²) in [7, 11) is 0. The van der Waals surface area contributed by atoms with E-state index in [1.807, 2.05) is 6.20 Å². The van der Waals surface area contributed by atoms with Crippen LogP contribution in [0.2, 0.25) is 0 Å². The molecule has 1 aromatic carbocycles. The minimum absolute atomic E-state index is 0. The lowest BCUT2D eigenvalue weighted by molar-refractivity contribution is -0.120. The van der Waals surface area contributed by atoms with E-state index in [1.54, 1.807) is 0 Å². The van der Waals surface area contributed by atoms with Crippen LogP contribution < -0.4 is 0 Å². The van der Waals surface area contributed by atoms with Gasteiger partial charge in [0.15, 0.2) is 0 Å². The number of aromatic nitrogens is 1. The highest BCUT2D eigenvalue weighted by Gasteiger charge is 2.28. The van der Waals surface area contributed by atoms with Crippen LogP contribution in [0.3, 0.4) is 0 Å². The van der Waals surface area contributed by atoms with Crippen LogP contribution in [-0.4, -0.2) is 10.8 Å². The number of fused-ring (bicyclic) bond motifs is 1. The zero-order chi connectivity index (χ0) is 22.5. The lowest BCUT2D eigenvalue weighted by Gasteiger charge is -2.29. The van der Waals surface area contributed by atoms with Crippen LogP contribution >= 0.6 is 0 Å². The normalized spacial score (nSPS) is 22.9. The minimum atomic E-state index is 0. The van der Waals surface area contributed by atoms with Gasteiger partial charge in [-0.05, 0) is 78.7 Å². The molecule has 2 aromatic rings. The monoisotopic (exact) mass is 447 g/mol. The first-order valence-electron chi connectivity index (χ1n) is 13.5. The van der Waals surface area contributed by atoms with Crippen molar-refractivity contribution >= 4 is 11.9 Å². The molecule has 0 saturated heterocycles. The zero-order valence-electron chi connectivity index (χ0n) is 20.1. The Balaban J connectivity index is 0.00000152. The molecule has 0 aliphatic heterocycles. The third-order valence-corrected chi connectivity index (χ3v) is 8.35. The van der Waals surface area contributed by atoms with Gasteiger partial charge in [0.2, 0.25) is 0 Å². The molecular formula is C31H45NO. The van der Waals surface area contributed by atoms with Gasteiger partial charge in [-0.1, -0.05) is 74.9 Å². The summed E-state index contributed by atoms with van der Waals surface area (Å²) in [6.45, 7) is 0. The Kier molecular flexibility index (Phi) is 7.39. The van der Waals surface area contributed by atoms with Crippen molar-refractivity contribution in [3.63, 3.8) is 0 Å². The highest BCUT2D eigenvalue weighted by atomic mass is 16.1. The first kappa shape index (κ1) is 22.6. The quantitative estimate of drug-likeness (QED) is 0.407. The molecule has 3 aliphatic carbocycles. The van der Waals surface area contributed by atoms with Crippen molar-refractivity contribution in [3.05, 3.63) is 70.6 Å². The summed E-state index contributed by atoms with van der Waals surface area (Å²) in [5.74, 6) is 2.36. The Hall–Kier alpha value is -2.22. The van der Waals surface area contributed by atoms with Gasteiger partial charge in [-0.15, -0.1) is 0 Å². The Bertz CT molecular complexity index is 999. The Morgan fingerprint density at radius 2 is 1.82 bits per heavy atom. The van der Waals surface area contributed by atoms with Gasteiger partial charge in [-0.25, -0.2) is 0 Å². The molecule has 33 heavy (non-hydrogen) atoms. The summed E-state index contributed by atoms with van der Waals surface area (Å²) in [5, 5.41) is 0. The molecule has 0 radical (unpaired) electrons. The second-order valence-electron chi connectivity index (χ2n) is 10.9. The van der Waals surface area contributed by atoms with Crippen molar-refractivity contribution in [1.82, 2.24) is 4.98 Å². The van der Waals surface area contributed by atoms with Crippen LogP contribution in [0.5, 0.6) is 0 Å². The molecule has 2 nitrogen and oxygen atoms in total. The molecule has 0 amide bonds. The molecule has 2 fully saturated rings. The van der Waals surface area contributed by atoms with Gasteiger partial charge in [0, 0.05) is 29.2 Å². The van der Waals surface area contributed by atoms with Crippen LogP contribution in [0, 0.1) is 11.8 Å². The van der Waals surface area contributed by atoms with Crippen LogP contribution in [0.15, 0.2) is 42.6 Å². The van der Waals surface area contributed by atoms with Crippen LogP contribution in [0.4, 0.5) is 0 Å². The summed E-state index contributed by atoms with van der Waals surface area (Å²) in [5.41, 5.74) is 6.88. The van der Waals surface area contributed by atoms with Gasteiger partial charge in [-0.3, -0.25) is 9.78 Å². The van der Waals surface area contributed by atoms with E-state index in [0.717, 1.165) is 31.6 Å². The Morgan fingerprint density at radius 1 is 0.970 bits per heavy atom. The second-order valence-corrected chi connectivity index (χ2v) is 10.9. The molecule has 180 valence electrons. The number of carbonyl (C=O) groups excluding carboxylic acids is 1. The summed E-state index contributed by atoms with van der Waals surface area (Å²) in [6.07, 6.45) is 22.9. The molecule has 0 N–H and O–H groups in total. The fourth-order valence-corrected chi connectivity index (χ4v) is 6.60. The van der Waals surface area contributed by atoms with Crippen LogP contribution in [-0.2, 0) is 24.1 Å². The number of hydrogen-bond donors (Lipinski definition) is 0. The minimum Gasteiger partial charge on any atom is -0.300 e. The number of carbonyl (C=O) groups is 1. The summed E-state index contributed by atoms with van der Waals surface area (Å²) < 4.78 is 0. The molecule has 1 heterocycles. The number of pyridine rings is 1. The van der Waals surface area contributed by atoms with E-state index in [4.69, 9.17) is 4.98 Å². The van der Waals surface area contributed by atoms with Crippen molar-refractivity contribution in [2.24, 2.45) is 11.8 Å². The van der Waals surface area contributed by atoms with Crippen molar-refractivity contribution in [1.29, 1.82) is 0 Å². The number of Topliss-reactive ketones (excluding diaryl/α,β-unsaturated/α-hetero) is 1. The van der Waals surface area contributed by atoms with E-state index in [9.17, 15) is 4.79 Å². The number of rotatable bonds is 8. The lowest BCUT2D eigenvalue weighted by atomic mass is 9.76. The molecule has 5 rings (SSSR count). The Labute approximate surface area is 204 Å². The maximum atomic E-state index is 12.9. The van der Waals surface area contributed by atoms with E-state index >= 15 is 0 Å². The first-order chi connectivity index (χ1) is 16.2. The topological polar surface area (TPSA) is 30.0 Å². The summed E-state index contributed by atoms with van der Waals surface area (Å²) in [4.78, 5) is 17.7. The van der Waals surface area contributed by atoms with Crippen molar-refractivity contribution in [3.8, 4) is 0 Å². The average Bonchev–Trinajstić information content (AvgIpc) is 3.33. The van der Waals surface area contributed by atoms with Crippen molar-refractivity contribution in [2.45, 2.75) is 95.8 Å². The number of ketones is 1. The fraction of sp³-hybridized carbons (Fsp3) is 0.548. The number of nitrogens with zero attached hydrogens (tertiary/aromatic N) is 1. The number of hydrogen-bond acceptors (Lipinski definition) is 2. The number of allylic oxidation sites excluding steroid dienone is 1. The standard InChI is InChI=1S/C31H39NO.3H2/c33-29(16-15-24-9-4-10-25(20-24)19-23-7-2-1-3-8-23)22-26-11-5-13-28(21-26)31-30-14-6-12-27(30)17-18-32-31;;;/h4,6,9-10,14,17-18,20,23,26,28H,1-3,5,7-8,11-13,15-16,19,21-22H2;3*1H. The second kappa shape index (κ2) is 10.8. The summed E-state index contributed by atoms with van der Waals surface area (Å²) in [6, 6.07) is 11.2. The molecule has 0 bridgehead atoms. The largest absolute Gasteiger partial charge is 0.300 e. The van der Waals surface area contributed by atoms with E-state index < -0.39 is 0 Å². The molecule has 0 spiro atoms. The van der Waals surface area contributed by atoms with E-state index in [-0.39, 0.29) is 4.28 Å². The molecule has 2 unspecified atom stereocenters. The van der Waals surface area contributed by atoms with E-state index in [2.05, 4.69) is 42.5 Å². The van der Waals surface area contributed by atoms with Gasteiger partial charge in [-0.2, -0.15) is 0 Å². The summed E-state index contributed by atoms with van der Waals surface area (Å²) >= 11 is 0. The maximum absolute atomic E-state index is 12.9. The average molecular weight is 448 g/mol. The van der Waals surface area contributed by atoms with Crippen LogP contribution in [0.25, 0.3) is 6.08 Å². The smallest absolute Gasteiger partial charge is 0.133 e. The molecular weight excluding hydrogens is 402 g/mol. The van der Waals surface area contributed by atoms with Gasteiger partial charge in [0.05, 0.1) is 5.69 Å². The molecule has 2 heteroatoms. The maximum Gasteiger partial charge on any atom is 0.133 e. The highest BCUT2D eigenvalue weighted by molar-refractivity contribution is 5.79. The van der Waals surface area contributed by atoms with E-state index in [0.29, 0.717) is 24.0 Å². The SMILES string of the molecule is O=C(CCc1cccc(CC2CCCCC2)c1)CC1CCCC(c2nccc3c2C=CC3)C1.[HH].[HH].[HH]. The lowest BCUT2D eigenvalue weighted by Crippen LogP contribution is -2.19.